The monoisotopic (exact) mass is 211 g/mol. The van der Waals surface area contributed by atoms with Crippen LogP contribution in [0.1, 0.15) is 33.1 Å². The molecule has 1 aliphatic heterocycles. The van der Waals surface area contributed by atoms with Gasteiger partial charge in [-0.2, -0.15) is 0 Å². The van der Waals surface area contributed by atoms with Crippen LogP contribution in [0.3, 0.4) is 0 Å². The maximum atomic E-state index is 9.19. The fraction of sp³-hybridized carbons (Fsp3) is 0.846. The van der Waals surface area contributed by atoms with Gasteiger partial charge in [0.25, 0.3) is 0 Å². The Balaban J connectivity index is 2.43. The van der Waals surface area contributed by atoms with Crippen molar-refractivity contribution in [1.29, 1.82) is 0 Å². The van der Waals surface area contributed by atoms with Gasteiger partial charge in [-0.1, -0.05) is 13.0 Å². The van der Waals surface area contributed by atoms with Gasteiger partial charge in [-0.15, -0.1) is 6.58 Å². The molecule has 2 heteroatoms. The highest BCUT2D eigenvalue weighted by Crippen LogP contribution is 2.22. The van der Waals surface area contributed by atoms with Gasteiger partial charge in [0, 0.05) is 19.2 Å². The maximum absolute atomic E-state index is 9.19. The lowest BCUT2D eigenvalue weighted by Gasteiger charge is -2.38. The SMILES string of the molecule is C=CCC(C)C(C)N1CCCC(CO)C1. The van der Waals surface area contributed by atoms with Gasteiger partial charge in [0.05, 0.1) is 0 Å². The summed E-state index contributed by atoms with van der Waals surface area (Å²) in [6.07, 6.45) is 5.52. The minimum atomic E-state index is 0.346. The molecule has 1 N–H and O–H groups in total. The van der Waals surface area contributed by atoms with Crippen LogP contribution in [-0.4, -0.2) is 35.7 Å². The fourth-order valence-corrected chi connectivity index (χ4v) is 2.44. The molecule has 0 aromatic rings. The highest BCUT2D eigenvalue weighted by atomic mass is 16.3. The summed E-state index contributed by atoms with van der Waals surface area (Å²) < 4.78 is 0. The topological polar surface area (TPSA) is 23.5 Å². The van der Waals surface area contributed by atoms with Gasteiger partial charge in [-0.25, -0.2) is 0 Å². The number of aliphatic hydroxyl groups excluding tert-OH is 1. The zero-order chi connectivity index (χ0) is 11.3. The Morgan fingerprint density at radius 1 is 1.53 bits per heavy atom. The molecule has 15 heavy (non-hydrogen) atoms. The summed E-state index contributed by atoms with van der Waals surface area (Å²) in [5, 5.41) is 9.19. The second-order valence-electron chi connectivity index (χ2n) is 4.93. The second-order valence-corrected chi connectivity index (χ2v) is 4.93. The first kappa shape index (κ1) is 12.7. The summed E-state index contributed by atoms with van der Waals surface area (Å²) in [6.45, 7) is 11.0. The molecule has 88 valence electrons. The quantitative estimate of drug-likeness (QED) is 0.705. The van der Waals surface area contributed by atoms with Gasteiger partial charge >= 0.3 is 0 Å². The van der Waals surface area contributed by atoms with Crippen LogP contribution in [0.2, 0.25) is 0 Å². The van der Waals surface area contributed by atoms with E-state index < -0.39 is 0 Å². The molecule has 0 aromatic carbocycles. The minimum Gasteiger partial charge on any atom is -0.396 e. The molecular formula is C13H25NO. The van der Waals surface area contributed by atoms with Crippen LogP contribution in [0.4, 0.5) is 0 Å². The van der Waals surface area contributed by atoms with Gasteiger partial charge in [-0.3, -0.25) is 0 Å². The average molecular weight is 211 g/mol. The van der Waals surface area contributed by atoms with Crippen LogP contribution < -0.4 is 0 Å². The van der Waals surface area contributed by atoms with E-state index in [2.05, 4.69) is 25.3 Å². The molecule has 3 atom stereocenters. The van der Waals surface area contributed by atoms with Crippen molar-refractivity contribution < 1.29 is 5.11 Å². The summed E-state index contributed by atoms with van der Waals surface area (Å²) in [5.74, 6) is 1.16. The number of aliphatic hydroxyl groups is 1. The highest BCUT2D eigenvalue weighted by molar-refractivity contribution is 4.82. The molecule has 3 unspecified atom stereocenters. The van der Waals surface area contributed by atoms with E-state index in [0.717, 1.165) is 13.0 Å². The van der Waals surface area contributed by atoms with E-state index in [9.17, 15) is 5.11 Å². The van der Waals surface area contributed by atoms with Crippen LogP contribution >= 0.6 is 0 Å². The average Bonchev–Trinajstić information content (AvgIpc) is 2.28. The lowest BCUT2D eigenvalue weighted by molar-refractivity contribution is 0.0743. The van der Waals surface area contributed by atoms with Gasteiger partial charge in [0.1, 0.15) is 0 Å². The highest BCUT2D eigenvalue weighted by Gasteiger charge is 2.25. The number of hydrogen-bond donors (Lipinski definition) is 1. The molecule has 1 aliphatic rings. The molecular weight excluding hydrogens is 186 g/mol. The first-order valence-corrected chi connectivity index (χ1v) is 6.14. The largest absolute Gasteiger partial charge is 0.396 e. The van der Waals surface area contributed by atoms with E-state index in [1.807, 2.05) is 6.08 Å². The van der Waals surface area contributed by atoms with Crippen molar-refractivity contribution in [2.75, 3.05) is 19.7 Å². The zero-order valence-corrected chi connectivity index (χ0v) is 10.2. The Bertz CT molecular complexity index is 193. The van der Waals surface area contributed by atoms with E-state index in [0.29, 0.717) is 24.5 Å². The number of piperidine rings is 1. The lowest BCUT2D eigenvalue weighted by atomic mass is 9.93. The summed E-state index contributed by atoms with van der Waals surface area (Å²) in [6, 6.07) is 0.609. The molecule has 0 radical (unpaired) electrons. The molecule has 0 aliphatic carbocycles. The van der Waals surface area contributed by atoms with Gasteiger partial charge in [-0.05, 0) is 44.6 Å². The van der Waals surface area contributed by atoms with Crippen molar-refractivity contribution in [2.24, 2.45) is 11.8 Å². The van der Waals surface area contributed by atoms with Gasteiger partial charge in [0.15, 0.2) is 0 Å². The molecule has 1 saturated heterocycles. The normalized spacial score (nSPS) is 27.3. The van der Waals surface area contributed by atoms with Crippen LogP contribution in [0.5, 0.6) is 0 Å². The second kappa shape index (κ2) is 6.29. The number of hydrogen-bond acceptors (Lipinski definition) is 2. The standard InChI is InChI=1S/C13H25NO/c1-4-6-11(2)12(3)14-8-5-7-13(9-14)10-15/h4,11-13,15H,1,5-10H2,2-3H3. The molecule has 0 aromatic heterocycles. The lowest BCUT2D eigenvalue weighted by Crippen LogP contribution is -2.44. The predicted octanol–water partition coefficient (Wildman–Crippen LogP) is 2.29. The molecule has 1 heterocycles. The van der Waals surface area contributed by atoms with Crippen LogP contribution in [-0.2, 0) is 0 Å². The molecule has 0 spiro atoms. The van der Waals surface area contributed by atoms with E-state index in [1.165, 1.54) is 19.4 Å². The predicted molar refractivity (Wildman–Crippen MR) is 64.8 cm³/mol. The van der Waals surface area contributed by atoms with Crippen LogP contribution in [0, 0.1) is 11.8 Å². The first-order valence-electron chi connectivity index (χ1n) is 6.14. The number of likely N-dealkylation sites (tertiary alicyclic amines) is 1. The van der Waals surface area contributed by atoms with Crippen molar-refractivity contribution in [3.8, 4) is 0 Å². The van der Waals surface area contributed by atoms with Crippen molar-refractivity contribution in [3.05, 3.63) is 12.7 Å². The molecule has 0 bridgehead atoms. The molecule has 1 fully saturated rings. The first-order chi connectivity index (χ1) is 7.19. The van der Waals surface area contributed by atoms with E-state index in [-0.39, 0.29) is 0 Å². The Labute approximate surface area is 94.0 Å². The Morgan fingerprint density at radius 2 is 2.27 bits per heavy atom. The van der Waals surface area contributed by atoms with E-state index in [1.54, 1.807) is 0 Å². The van der Waals surface area contributed by atoms with Gasteiger partial charge < -0.3 is 10.0 Å². The Kier molecular flexibility index (Phi) is 5.34. The summed E-state index contributed by atoms with van der Waals surface area (Å²) in [7, 11) is 0. The van der Waals surface area contributed by atoms with Crippen molar-refractivity contribution in [2.45, 2.75) is 39.2 Å². The van der Waals surface area contributed by atoms with Crippen LogP contribution in [0.15, 0.2) is 12.7 Å². The number of nitrogens with zero attached hydrogens (tertiary/aromatic N) is 1. The van der Waals surface area contributed by atoms with E-state index >= 15 is 0 Å². The third-order valence-electron chi connectivity index (χ3n) is 3.75. The third-order valence-corrected chi connectivity index (χ3v) is 3.75. The summed E-state index contributed by atoms with van der Waals surface area (Å²) in [4.78, 5) is 2.53. The molecule has 1 rings (SSSR count). The van der Waals surface area contributed by atoms with Gasteiger partial charge in [0.2, 0.25) is 0 Å². The smallest absolute Gasteiger partial charge is 0.0471 e. The molecule has 0 saturated carbocycles. The van der Waals surface area contributed by atoms with Crippen LogP contribution in [0.25, 0.3) is 0 Å². The summed E-state index contributed by atoms with van der Waals surface area (Å²) in [5.41, 5.74) is 0. The molecule has 0 amide bonds. The zero-order valence-electron chi connectivity index (χ0n) is 10.2. The Hall–Kier alpha value is -0.340. The van der Waals surface area contributed by atoms with Crippen molar-refractivity contribution in [3.63, 3.8) is 0 Å². The fourth-order valence-electron chi connectivity index (χ4n) is 2.44. The van der Waals surface area contributed by atoms with Crippen molar-refractivity contribution in [1.82, 2.24) is 4.90 Å². The number of rotatable bonds is 5. The van der Waals surface area contributed by atoms with E-state index in [4.69, 9.17) is 0 Å². The number of allylic oxidation sites excluding steroid dienone is 1. The third kappa shape index (κ3) is 3.62. The Morgan fingerprint density at radius 3 is 2.87 bits per heavy atom. The minimum absolute atomic E-state index is 0.346. The summed E-state index contributed by atoms with van der Waals surface area (Å²) >= 11 is 0. The molecule has 2 nitrogen and oxygen atoms in total. The maximum Gasteiger partial charge on any atom is 0.0471 e. The van der Waals surface area contributed by atoms with Crippen molar-refractivity contribution >= 4 is 0 Å².